The molecule has 0 spiro atoms. The lowest BCUT2D eigenvalue weighted by atomic mass is 10.1. The fourth-order valence-electron chi connectivity index (χ4n) is 3.52. The molecular formula is C20H28BrN3O3. The molecule has 148 valence electrons. The lowest BCUT2D eigenvalue weighted by molar-refractivity contribution is 0.0242. The van der Waals surface area contributed by atoms with Crippen LogP contribution < -0.4 is 4.90 Å². The molecule has 1 aromatic carbocycles. The molecule has 0 saturated carbocycles. The zero-order chi connectivity index (χ0) is 19.9. The summed E-state index contributed by atoms with van der Waals surface area (Å²) in [6, 6.07) is 4.28. The Balaban J connectivity index is 1.82. The van der Waals surface area contributed by atoms with Crippen molar-refractivity contribution in [3.8, 4) is 0 Å². The van der Waals surface area contributed by atoms with Crippen molar-refractivity contribution in [3.63, 3.8) is 0 Å². The first kappa shape index (κ1) is 20.0. The van der Waals surface area contributed by atoms with Crippen molar-refractivity contribution < 1.29 is 14.3 Å². The number of amides is 3. The first-order valence-corrected chi connectivity index (χ1v) is 10.2. The zero-order valence-corrected chi connectivity index (χ0v) is 18.3. The molecule has 3 rings (SSSR count). The normalized spacial score (nSPS) is 17.6. The lowest BCUT2D eigenvalue weighted by Crippen LogP contribution is -2.52. The van der Waals surface area contributed by atoms with Gasteiger partial charge in [-0.2, -0.15) is 0 Å². The molecule has 27 heavy (non-hydrogen) atoms. The summed E-state index contributed by atoms with van der Waals surface area (Å²) in [5, 5.41) is 0. The molecule has 0 aliphatic carbocycles. The van der Waals surface area contributed by atoms with Crippen LogP contribution in [-0.2, 0) is 17.8 Å². The molecule has 1 fully saturated rings. The maximum Gasteiger partial charge on any atom is 0.410 e. The van der Waals surface area contributed by atoms with E-state index in [9.17, 15) is 9.59 Å². The highest BCUT2D eigenvalue weighted by Crippen LogP contribution is 2.36. The third kappa shape index (κ3) is 4.23. The summed E-state index contributed by atoms with van der Waals surface area (Å²) in [5.41, 5.74) is 2.50. The van der Waals surface area contributed by atoms with Gasteiger partial charge in [0.05, 0.1) is 5.69 Å². The molecule has 3 amide bonds. The third-order valence-electron chi connectivity index (χ3n) is 4.81. The number of nitrogens with zero attached hydrogens (tertiary/aromatic N) is 3. The van der Waals surface area contributed by atoms with E-state index < -0.39 is 5.60 Å². The molecule has 2 aliphatic heterocycles. The second-order valence-electron chi connectivity index (χ2n) is 8.48. The zero-order valence-electron chi connectivity index (χ0n) is 16.7. The molecule has 2 aliphatic rings. The van der Waals surface area contributed by atoms with Crippen molar-refractivity contribution in [1.29, 1.82) is 0 Å². The Hall–Kier alpha value is -1.76. The van der Waals surface area contributed by atoms with Gasteiger partial charge in [-0.3, -0.25) is 9.80 Å². The first-order valence-electron chi connectivity index (χ1n) is 9.44. The van der Waals surface area contributed by atoms with E-state index >= 15 is 0 Å². The molecule has 0 aromatic heterocycles. The van der Waals surface area contributed by atoms with Crippen molar-refractivity contribution in [2.24, 2.45) is 0 Å². The van der Waals surface area contributed by atoms with Crippen LogP contribution in [0.4, 0.5) is 15.3 Å². The van der Waals surface area contributed by atoms with Crippen LogP contribution >= 0.6 is 15.9 Å². The molecule has 0 bridgehead atoms. The van der Waals surface area contributed by atoms with Crippen molar-refractivity contribution in [3.05, 3.63) is 27.7 Å². The van der Waals surface area contributed by atoms with Gasteiger partial charge >= 0.3 is 12.1 Å². The Bertz CT molecular complexity index is 758. The number of hydrogen-bond acceptors (Lipinski definition) is 3. The Kier molecular flexibility index (Phi) is 5.43. The predicted octanol–water partition coefficient (Wildman–Crippen LogP) is 4.74. The Morgan fingerprint density at radius 3 is 2.37 bits per heavy atom. The monoisotopic (exact) mass is 437 g/mol. The highest BCUT2D eigenvalue weighted by Gasteiger charge is 2.32. The molecule has 0 unspecified atom stereocenters. The van der Waals surface area contributed by atoms with Gasteiger partial charge in [-0.25, -0.2) is 9.59 Å². The van der Waals surface area contributed by atoms with Crippen molar-refractivity contribution in [1.82, 2.24) is 9.80 Å². The summed E-state index contributed by atoms with van der Waals surface area (Å²) in [5.74, 6) is 0. The van der Waals surface area contributed by atoms with Gasteiger partial charge in [-0.1, -0.05) is 0 Å². The van der Waals surface area contributed by atoms with Crippen molar-refractivity contribution >= 4 is 33.7 Å². The molecule has 0 atom stereocenters. The number of anilines is 1. The van der Waals surface area contributed by atoms with E-state index in [1.54, 1.807) is 4.90 Å². The fraction of sp³-hybridized carbons (Fsp3) is 0.600. The molecule has 2 heterocycles. The number of urea groups is 1. The average molecular weight is 438 g/mol. The van der Waals surface area contributed by atoms with Gasteiger partial charge < -0.3 is 9.64 Å². The Morgan fingerprint density at radius 1 is 1.15 bits per heavy atom. The van der Waals surface area contributed by atoms with Gasteiger partial charge in [0.2, 0.25) is 0 Å². The van der Waals surface area contributed by atoms with E-state index in [1.807, 2.05) is 56.6 Å². The summed E-state index contributed by atoms with van der Waals surface area (Å²) in [6.45, 7) is 12.2. The molecular weight excluding hydrogens is 410 g/mol. The van der Waals surface area contributed by atoms with Crippen LogP contribution in [0, 0.1) is 0 Å². The quantitative estimate of drug-likeness (QED) is 0.670. The molecule has 1 aromatic rings. The number of benzene rings is 1. The maximum atomic E-state index is 12.9. The van der Waals surface area contributed by atoms with Gasteiger partial charge in [0.25, 0.3) is 0 Å². The Morgan fingerprint density at radius 2 is 1.78 bits per heavy atom. The second-order valence-corrected chi connectivity index (χ2v) is 9.34. The summed E-state index contributed by atoms with van der Waals surface area (Å²) in [4.78, 5) is 30.7. The predicted molar refractivity (Wildman–Crippen MR) is 109 cm³/mol. The summed E-state index contributed by atoms with van der Waals surface area (Å²) in [6.07, 6.45) is 0.633. The van der Waals surface area contributed by atoms with E-state index in [0.717, 1.165) is 34.3 Å². The van der Waals surface area contributed by atoms with Gasteiger partial charge in [-0.15, -0.1) is 0 Å². The van der Waals surface area contributed by atoms with Crippen LogP contribution in [0.3, 0.4) is 0 Å². The number of carbonyl (C=O) groups is 2. The van der Waals surface area contributed by atoms with Crippen LogP contribution in [0.15, 0.2) is 16.6 Å². The summed E-state index contributed by atoms with van der Waals surface area (Å²) in [7, 11) is 0. The van der Waals surface area contributed by atoms with E-state index in [1.165, 1.54) is 0 Å². The average Bonchev–Trinajstić information content (AvgIpc) is 2.95. The van der Waals surface area contributed by atoms with Crippen molar-refractivity contribution in [2.45, 2.75) is 65.8 Å². The van der Waals surface area contributed by atoms with Crippen LogP contribution in [0.25, 0.3) is 0 Å². The number of fused-ring (bicyclic) bond motifs is 1. The first-order chi connectivity index (χ1) is 12.6. The minimum atomic E-state index is -0.516. The summed E-state index contributed by atoms with van der Waals surface area (Å²) < 4.78 is 6.37. The smallest absolute Gasteiger partial charge is 0.410 e. The van der Waals surface area contributed by atoms with Crippen molar-refractivity contribution in [2.75, 3.05) is 18.0 Å². The number of halogens is 1. The highest BCUT2D eigenvalue weighted by molar-refractivity contribution is 9.10. The van der Waals surface area contributed by atoms with Gasteiger partial charge in [0.15, 0.2) is 0 Å². The third-order valence-corrected chi connectivity index (χ3v) is 5.45. The van der Waals surface area contributed by atoms with Crippen LogP contribution in [0.5, 0.6) is 0 Å². The fourth-order valence-corrected chi connectivity index (χ4v) is 4.12. The van der Waals surface area contributed by atoms with Gasteiger partial charge in [-0.05, 0) is 80.2 Å². The van der Waals surface area contributed by atoms with E-state index in [4.69, 9.17) is 4.74 Å². The molecule has 6 nitrogen and oxygen atoms in total. The van der Waals surface area contributed by atoms with Gasteiger partial charge in [0, 0.05) is 36.7 Å². The van der Waals surface area contributed by atoms with E-state index in [2.05, 4.69) is 15.9 Å². The maximum absolute atomic E-state index is 12.9. The van der Waals surface area contributed by atoms with Crippen LogP contribution in [-0.4, -0.2) is 46.7 Å². The Labute approximate surface area is 169 Å². The summed E-state index contributed by atoms with van der Waals surface area (Å²) >= 11 is 3.63. The molecule has 7 heteroatoms. The molecule has 1 saturated heterocycles. The molecule has 0 N–H and O–H groups in total. The van der Waals surface area contributed by atoms with Crippen LogP contribution in [0.2, 0.25) is 0 Å². The molecule has 0 radical (unpaired) electrons. The second kappa shape index (κ2) is 7.34. The standard InChI is InChI=1S/C20H28BrN3O3/c1-13(2)23-7-6-8-24(18(23)25)17-10-15-12-22(11-14(15)9-16(17)21)19(26)27-20(3,4)5/h9-10,13H,6-8,11-12H2,1-5H3. The number of hydrogen-bond donors (Lipinski definition) is 0. The van der Waals surface area contributed by atoms with Crippen LogP contribution in [0.1, 0.15) is 52.2 Å². The van der Waals surface area contributed by atoms with E-state index in [-0.39, 0.29) is 18.2 Å². The van der Waals surface area contributed by atoms with Gasteiger partial charge in [0.1, 0.15) is 5.60 Å². The lowest BCUT2D eigenvalue weighted by Gasteiger charge is -2.38. The van der Waals surface area contributed by atoms with E-state index in [0.29, 0.717) is 19.6 Å². The minimum Gasteiger partial charge on any atom is -0.444 e. The minimum absolute atomic E-state index is 0.0406. The topological polar surface area (TPSA) is 53.1 Å². The SMILES string of the molecule is CC(C)N1CCCN(c2cc3c(cc2Br)CN(C(=O)OC(C)(C)C)C3)C1=O. The largest absolute Gasteiger partial charge is 0.444 e. The number of rotatable bonds is 2. The highest BCUT2D eigenvalue weighted by atomic mass is 79.9. The number of ether oxygens (including phenoxy) is 1. The number of carbonyl (C=O) groups excluding carboxylic acids is 2.